The van der Waals surface area contributed by atoms with Gasteiger partial charge in [0.2, 0.25) is 5.95 Å². The molecular weight excluding hydrogens is 276 g/mol. The summed E-state index contributed by atoms with van der Waals surface area (Å²) in [5.74, 6) is -0.564. The average molecular weight is 286 g/mol. The van der Waals surface area contributed by atoms with Crippen molar-refractivity contribution in [3.63, 3.8) is 0 Å². The van der Waals surface area contributed by atoms with E-state index < -0.39 is 10.8 Å². The molecule has 0 aliphatic heterocycles. The van der Waals surface area contributed by atoms with Crippen molar-refractivity contribution in [2.75, 3.05) is 5.73 Å². The summed E-state index contributed by atoms with van der Waals surface area (Å²) in [5, 5.41) is 14.5. The number of nitrogens with one attached hydrogen (secondary N) is 1. The van der Waals surface area contributed by atoms with E-state index in [-0.39, 0.29) is 17.2 Å². The van der Waals surface area contributed by atoms with Crippen LogP contribution >= 0.6 is 0 Å². The Kier molecular flexibility index (Phi) is 4.14. The van der Waals surface area contributed by atoms with Crippen LogP contribution in [-0.4, -0.2) is 27.0 Å². The summed E-state index contributed by atoms with van der Waals surface area (Å²) < 4.78 is 0. The Morgan fingerprint density at radius 2 is 2.00 bits per heavy atom. The molecule has 2 aromatic rings. The second-order valence-electron chi connectivity index (χ2n) is 3.85. The predicted octanol–water partition coefficient (Wildman–Crippen LogP) is 0.731. The third-order valence-corrected chi connectivity index (χ3v) is 2.42. The Bertz CT molecular complexity index is 698. The van der Waals surface area contributed by atoms with Crippen molar-refractivity contribution in [2.24, 2.45) is 5.10 Å². The van der Waals surface area contributed by atoms with Gasteiger partial charge < -0.3 is 5.73 Å². The summed E-state index contributed by atoms with van der Waals surface area (Å²) in [4.78, 5) is 29.5. The van der Waals surface area contributed by atoms with Gasteiger partial charge in [0.1, 0.15) is 5.56 Å². The minimum atomic E-state index is -0.685. The molecule has 106 valence electrons. The van der Waals surface area contributed by atoms with Gasteiger partial charge >= 0.3 is 0 Å². The zero-order valence-electron chi connectivity index (χ0n) is 10.6. The Morgan fingerprint density at radius 3 is 2.67 bits per heavy atom. The van der Waals surface area contributed by atoms with Crippen LogP contribution in [0.5, 0.6) is 0 Å². The van der Waals surface area contributed by atoms with Crippen LogP contribution in [0.3, 0.4) is 0 Å². The molecule has 21 heavy (non-hydrogen) atoms. The summed E-state index contributed by atoms with van der Waals surface area (Å²) in [5.41, 5.74) is 7.67. The Morgan fingerprint density at radius 1 is 1.33 bits per heavy atom. The molecule has 1 aromatic heterocycles. The van der Waals surface area contributed by atoms with Gasteiger partial charge in [0.15, 0.2) is 0 Å². The highest BCUT2D eigenvalue weighted by molar-refractivity contribution is 5.98. The van der Waals surface area contributed by atoms with Crippen LogP contribution in [0.25, 0.3) is 0 Å². The number of hydrogen-bond acceptors (Lipinski definition) is 7. The van der Waals surface area contributed by atoms with Gasteiger partial charge in [-0.15, -0.1) is 0 Å². The fourth-order valence-electron chi connectivity index (χ4n) is 1.47. The molecule has 0 saturated carbocycles. The largest absolute Gasteiger partial charge is 0.368 e. The average Bonchev–Trinajstić information content (AvgIpc) is 2.49. The standard InChI is InChI=1S/C12H10N6O3/c13-12-14-5-8(6-15-12)7-16-17-11(19)9-3-1-2-4-10(9)18(20)21/h1-7H,(H,17,19)(H2,13,14,15)/b16-7-. The molecule has 0 aliphatic carbocycles. The number of carbonyl (C=O) groups excluding carboxylic acids is 1. The zero-order valence-corrected chi connectivity index (χ0v) is 10.6. The number of nitro groups is 1. The SMILES string of the molecule is Nc1ncc(/C=N\NC(=O)c2ccccc2[N+](=O)[O-])cn1. The van der Waals surface area contributed by atoms with Gasteiger partial charge in [0, 0.05) is 24.0 Å². The summed E-state index contributed by atoms with van der Waals surface area (Å²) >= 11 is 0. The maximum Gasteiger partial charge on any atom is 0.282 e. The molecule has 9 nitrogen and oxygen atoms in total. The van der Waals surface area contributed by atoms with Crippen LogP contribution in [0.4, 0.5) is 11.6 Å². The summed E-state index contributed by atoms with van der Waals surface area (Å²) in [6.45, 7) is 0. The van der Waals surface area contributed by atoms with Crippen molar-refractivity contribution >= 4 is 23.8 Å². The second kappa shape index (κ2) is 6.19. The molecule has 0 aliphatic rings. The fourth-order valence-corrected chi connectivity index (χ4v) is 1.47. The van der Waals surface area contributed by atoms with E-state index in [2.05, 4.69) is 20.5 Å². The first-order valence-electron chi connectivity index (χ1n) is 5.72. The van der Waals surface area contributed by atoms with Crippen LogP contribution in [0.1, 0.15) is 15.9 Å². The third kappa shape index (κ3) is 3.56. The Balaban J connectivity index is 2.08. The van der Waals surface area contributed by atoms with Crippen molar-refractivity contribution in [3.8, 4) is 0 Å². The quantitative estimate of drug-likeness (QED) is 0.483. The highest BCUT2D eigenvalue weighted by Gasteiger charge is 2.18. The normalized spacial score (nSPS) is 10.5. The van der Waals surface area contributed by atoms with Crippen molar-refractivity contribution < 1.29 is 9.72 Å². The highest BCUT2D eigenvalue weighted by atomic mass is 16.6. The van der Waals surface area contributed by atoms with E-state index >= 15 is 0 Å². The Labute approximate surface area is 118 Å². The van der Waals surface area contributed by atoms with Crippen LogP contribution in [0, 0.1) is 10.1 Å². The first-order valence-corrected chi connectivity index (χ1v) is 5.72. The Hall–Kier alpha value is -3.36. The van der Waals surface area contributed by atoms with Gasteiger partial charge in [-0.2, -0.15) is 5.10 Å². The van der Waals surface area contributed by atoms with Crippen LogP contribution < -0.4 is 11.2 Å². The van der Waals surface area contributed by atoms with Gasteiger partial charge in [0.05, 0.1) is 11.1 Å². The minimum absolute atomic E-state index is 0.0757. The van der Waals surface area contributed by atoms with Gasteiger partial charge in [0.25, 0.3) is 11.6 Å². The van der Waals surface area contributed by atoms with E-state index in [1.54, 1.807) is 0 Å². The zero-order chi connectivity index (χ0) is 15.2. The third-order valence-electron chi connectivity index (χ3n) is 2.42. The number of hydrogen-bond donors (Lipinski definition) is 2. The first-order chi connectivity index (χ1) is 10.1. The highest BCUT2D eigenvalue weighted by Crippen LogP contribution is 2.17. The smallest absolute Gasteiger partial charge is 0.282 e. The molecular formula is C12H10N6O3. The van der Waals surface area contributed by atoms with Crippen LogP contribution in [0.2, 0.25) is 0 Å². The molecule has 0 saturated heterocycles. The molecule has 1 heterocycles. The number of nitro benzene ring substituents is 1. The number of para-hydroxylation sites is 1. The van der Waals surface area contributed by atoms with E-state index in [0.717, 1.165) is 0 Å². The number of anilines is 1. The number of rotatable bonds is 4. The van der Waals surface area contributed by atoms with E-state index in [4.69, 9.17) is 5.73 Å². The molecule has 0 spiro atoms. The van der Waals surface area contributed by atoms with Gasteiger partial charge in [-0.1, -0.05) is 12.1 Å². The number of nitrogens with zero attached hydrogens (tertiary/aromatic N) is 4. The minimum Gasteiger partial charge on any atom is -0.368 e. The molecule has 9 heteroatoms. The van der Waals surface area contributed by atoms with E-state index in [1.165, 1.54) is 42.9 Å². The number of aromatic nitrogens is 2. The number of hydrazone groups is 1. The molecule has 1 amide bonds. The summed E-state index contributed by atoms with van der Waals surface area (Å²) in [7, 11) is 0. The number of benzene rings is 1. The molecule has 0 unspecified atom stereocenters. The molecule has 3 N–H and O–H groups in total. The summed E-state index contributed by atoms with van der Waals surface area (Å²) in [6.07, 6.45) is 4.14. The monoisotopic (exact) mass is 286 g/mol. The number of carbonyl (C=O) groups is 1. The predicted molar refractivity (Wildman–Crippen MR) is 74.6 cm³/mol. The molecule has 0 fully saturated rings. The lowest BCUT2D eigenvalue weighted by molar-refractivity contribution is -0.385. The van der Waals surface area contributed by atoms with E-state index in [0.29, 0.717) is 5.56 Å². The van der Waals surface area contributed by atoms with E-state index in [1.807, 2.05) is 0 Å². The summed E-state index contributed by atoms with van der Waals surface area (Å²) in [6, 6.07) is 5.59. The topological polar surface area (TPSA) is 136 Å². The number of nitrogen functional groups attached to an aromatic ring is 1. The van der Waals surface area contributed by atoms with Crippen molar-refractivity contribution in [1.82, 2.24) is 15.4 Å². The maximum absolute atomic E-state index is 11.8. The van der Waals surface area contributed by atoms with Crippen molar-refractivity contribution in [2.45, 2.75) is 0 Å². The van der Waals surface area contributed by atoms with Crippen molar-refractivity contribution in [3.05, 3.63) is 57.9 Å². The number of nitrogens with two attached hydrogens (primary N) is 1. The molecule has 1 aromatic carbocycles. The van der Waals surface area contributed by atoms with Gasteiger partial charge in [-0.3, -0.25) is 14.9 Å². The van der Waals surface area contributed by atoms with Crippen molar-refractivity contribution in [1.29, 1.82) is 0 Å². The molecule has 0 bridgehead atoms. The lowest BCUT2D eigenvalue weighted by Gasteiger charge is -2.00. The first kappa shape index (κ1) is 14.1. The lowest BCUT2D eigenvalue weighted by atomic mass is 10.2. The maximum atomic E-state index is 11.8. The van der Waals surface area contributed by atoms with Gasteiger partial charge in [-0.25, -0.2) is 15.4 Å². The fraction of sp³-hybridized carbons (Fsp3) is 0. The molecule has 0 atom stereocenters. The van der Waals surface area contributed by atoms with Gasteiger partial charge in [-0.05, 0) is 6.07 Å². The van der Waals surface area contributed by atoms with E-state index in [9.17, 15) is 14.9 Å². The molecule has 0 radical (unpaired) electrons. The lowest BCUT2D eigenvalue weighted by Crippen LogP contribution is -2.19. The second-order valence-corrected chi connectivity index (χ2v) is 3.85. The number of amides is 1. The van der Waals surface area contributed by atoms with Crippen LogP contribution in [-0.2, 0) is 0 Å². The van der Waals surface area contributed by atoms with Crippen LogP contribution in [0.15, 0.2) is 41.8 Å². The molecule has 2 rings (SSSR count).